The first-order valence-electron chi connectivity index (χ1n) is 22.2. The van der Waals surface area contributed by atoms with E-state index in [2.05, 4.69) is 22.3 Å². The highest BCUT2D eigenvalue weighted by molar-refractivity contribution is 6.12. The van der Waals surface area contributed by atoms with E-state index in [1.807, 2.05) is 30.3 Å². The lowest BCUT2D eigenvalue weighted by Crippen LogP contribution is -2.54. The minimum Gasteiger partial charge on any atom is -0.460 e. The zero-order chi connectivity index (χ0) is 46.2. The number of benzene rings is 4. The molecule has 340 valence electrons. The summed E-state index contributed by atoms with van der Waals surface area (Å²) in [5, 5.41) is 3.20. The molecule has 3 N–H and O–H groups in total. The van der Waals surface area contributed by atoms with Crippen molar-refractivity contribution in [1.82, 2.24) is 9.47 Å². The second-order valence-electron chi connectivity index (χ2n) is 18.9. The first-order chi connectivity index (χ1) is 31.0. The number of esters is 2. The SMILES string of the molecule is CC(C)(C)OC(=O)c1cc2c(NC(=O)C(C(=O)OCc3cccc4c3Cc3ccccc3-4)C(N)c3ccc(N4CCN(C5CCOCC5)CC4=O)cc3)cccc2n1C(=O)OC(C)(C)C. The predicted molar refractivity (Wildman–Crippen MR) is 246 cm³/mol. The lowest BCUT2D eigenvalue weighted by molar-refractivity contribution is -0.153. The second kappa shape index (κ2) is 18.3. The van der Waals surface area contributed by atoms with Crippen LogP contribution in [0.2, 0.25) is 0 Å². The number of anilines is 2. The predicted octanol–water partition coefficient (Wildman–Crippen LogP) is 7.78. The summed E-state index contributed by atoms with van der Waals surface area (Å²) >= 11 is 0. The van der Waals surface area contributed by atoms with E-state index in [1.165, 1.54) is 11.6 Å². The van der Waals surface area contributed by atoms with E-state index < -0.39 is 47.1 Å². The van der Waals surface area contributed by atoms with Gasteiger partial charge in [0.25, 0.3) is 0 Å². The molecule has 2 saturated heterocycles. The topological polar surface area (TPSA) is 172 Å². The highest BCUT2D eigenvalue weighted by atomic mass is 16.6. The molecule has 4 aromatic carbocycles. The number of nitrogens with two attached hydrogens (primary N) is 1. The zero-order valence-electron chi connectivity index (χ0n) is 37.8. The van der Waals surface area contributed by atoms with Crippen LogP contribution in [-0.4, -0.2) is 89.4 Å². The number of piperazine rings is 1. The van der Waals surface area contributed by atoms with Gasteiger partial charge in [-0.15, -0.1) is 0 Å². The number of nitrogens with one attached hydrogen (secondary N) is 1. The van der Waals surface area contributed by atoms with Gasteiger partial charge in [-0.2, -0.15) is 0 Å². The molecular formula is C51H57N5O9. The van der Waals surface area contributed by atoms with Crippen molar-refractivity contribution in [3.05, 3.63) is 119 Å². The molecule has 2 amide bonds. The lowest BCUT2D eigenvalue weighted by Gasteiger charge is -2.40. The van der Waals surface area contributed by atoms with Crippen molar-refractivity contribution in [2.24, 2.45) is 11.7 Å². The molecule has 0 spiro atoms. The number of nitrogens with zero attached hydrogens (tertiary/aromatic N) is 3. The van der Waals surface area contributed by atoms with Gasteiger partial charge in [-0.25, -0.2) is 14.2 Å². The molecule has 14 nitrogen and oxygen atoms in total. The Morgan fingerprint density at radius 1 is 0.831 bits per heavy atom. The van der Waals surface area contributed by atoms with Gasteiger partial charge in [-0.05, 0) is 125 Å². The molecule has 1 aliphatic carbocycles. The minimum atomic E-state index is -1.56. The van der Waals surface area contributed by atoms with E-state index in [4.69, 9.17) is 24.7 Å². The molecule has 3 heterocycles. The molecule has 2 atom stereocenters. The van der Waals surface area contributed by atoms with Gasteiger partial charge in [0.1, 0.15) is 23.5 Å². The second-order valence-corrected chi connectivity index (χ2v) is 18.9. The molecular weight excluding hydrogens is 827 g/mol. The molecule has 8 rings (SSSR count). The minimum absolute atomic E-state index is 0.0133. The summed E-state index contributed by atoms with van der Waals surface area (Å²) in [5.74, 6) is -3.97. The van der Waals surface area contributed by atoms with Gasteiger partial charge in [0.15, 0.2) is 5.92 Å². The summed E-state index contributed by atoms with van der Waals surface area (Å²) in [6.07, 6.45) is 1.67. The third-order valence-corrected chi connectivity index (χ3v) is 12.0. The summed E-state index contributed by atoms with van der Waals surface area (Å²) in [4.78, 5) is 73.8. The van der Waals surface area contributed by atoms with Crippen LogP contribution in [0.25, 0.3) is 22.0 Å². The van der Waals surface area contributed by atoms with E-state index in [9.17, 15) is 24.0 Å². The lowest BCUT2D eigenvalue weighted by atomic mass is 9.92. The van der Waals surface area contributed by atoms with Crippen molar-refractivity contribution >= 4 is 52.1 Å². The maximum Gasteiger partial charge on any atom is 0.419 e. The van der Waals surface area contributed by atoms with Crippen LogP contribution in [0.1, 0.15) is 93.2 Å². The number of fused-ring (bicyclic) bond motifs is 4. The average Bonchev–Trinajstić information content (AvgIpc) is 3.85. The Morgan fingerprint density at radius 2 is 1.52 bits per heavy atom. The summed E-state index contributed by atoms with van der Waals surface area (Å²) in [7, 11) is 0. The van der Waals surface area contributed by atoms with Gasteiger partial charge in [0.2, 0.25) is 11.8 Å². The Bertz CT molecular complexity index is 2630. The van der Waals surface area contributed by atoms with Gasteiger partial charge in [0.05, 0.1) is 23.8 Å². The summed E-state index contributed by atoms with van der Waals surface area (Å²) in [6.45, 7) is 13.1. The van der Waals surface area contributed by atoms with Crippen molar-refractivity contribution < 1.29 is 42.9 Å². The molecule has 0 bridgehead atoms. The standard InChI is InChI=1S/C51H57N5O9/c1-50(2,3)64-47(59)42-28-39-40(15-10-16-41(39)56(42)49(61)65-51(4,5)6)53-46(58)44(48(60)63-30-33-12-9-14-37-36-13-8-7-11-32(36)27-38(33)37)45(52)31-17-19-35(20-18-31)55-24-23-54(29-43(55)57)34-21-25-62-26-22-34/h7-20,28,34,44-45H,21-27,29-30,52H2,1-6H3,(H,53,58). The van der Waals surface area contributed by atoms with Crippen molar-refractivity contribution in [3.63, 3.8) is 0 Å². The Balaban J connectivity index is 1.08. The highest BCUT2D eigenvalue weighted by Crippen LogP contribution is 2.39. The fourth-order valence-corrected chi connectivity index (χ4v) is 8.94. The molecule has 3 aliphatic rings. The Hall–Kier alpha value is -6.35. The number of ether oxygens (including phenoxy) is 4. The quantitative estimate of drug-likeness (QED) is 0.0782. The first kappa shape index (κ1) is 45.2. The van der Waals surface area contributed by atoms with Crippen LogP contribution in [0.5, 0.6) is 0 Å². The molecule has 2 unspecified atom stereocenters. The molecule has 2 aliphatic heterocycles. The van der Waals surface area contributed by atoms with E-state index in [-0.39, 0.29) is 29.4 Å². The van der Waals surface area contributed by atoms with Gasteiger partial charge in [-0.3, -0.25) is 19.3 Å². The number of carbonyl (C=O) groups excluding carboxylic acids is 5. The van der Waals surface area contributed by atoms with Crippen LogP contribution in [0.15, 0.2) is 91.0 Å². The molecule has 2 fully saturated rings. The smallest absolute Gasteiger partial charge is 0.419 e. The maximum atomic E-state index is 14.7. The van der Waals surface area contributed by atoms with E-state index in [0.29, 0.717) is 55.4 Å². The first-order valence-corrected chi connectivity index (χ1v) is 22.2. The highest BCUT2D eigenvalue weighted by Gasteiger charge is 2.38. The normalized spacial score (nSPS) is 16.7. The van der Waals surface area contributed by atoms with Crippen LogP contribution >= 0.6 is 0 Å². The zero-order valence-corrected chi connectivity index (χ0v) is 37.8. The number of carbonyl (C=O) groups is 5. The van der Waals surface area contributed by atoms with E-state index in [1.54, 1.807) is 88.9 Å². The van der Waals surface area contributed by atoms with Crippen LogP contribution < -0.4 is 16.0 Å². The van der Waals surface area contributed by atoms with E-state index in [0.717, 1.165) is 46.2 Å². The van der Waals surface area contributed by atoms with E-state index >= 15 is 0 Å². The number of hydrogen-bond acceptors (Lipinski definition) is 11. The number of amides is 2. The van der Waals surface area contributed by atoms with Crippen molar-refractivity contribution in [2.45, 2.75) is 90.7 Å². The third kappa shape index (κ3) is 9.85. The van der Waals surface area contributed by atoms with Crippen molar-refractivity contribution in [3.8, 4) is 11.1 Å². The number of rotatable bonds is 10. The Kier molecular flexibility index (Phi) is 12.7. The van der Waals surface area contributed by atoms with Crippen molar-refractivity contribution in [1.29, 1.82) is 0 Å². The third-order valence-electron chi connectivity index (χ3n) is 12.0. The van der Waals surface area contributed by atoms with Crippen LogP contribution in [0, 0.1) is 5.92 Å². The van der Waals surface area contributed by atoms with Crippen LogP contribution in [0.4, 0.5) is 16.2 Å². The fourth-order valence-electron chi connectivity index (χ4n) is 8.94. The van der Waals surface area contributed by atoms with Gasteiger partial charge in [-0.1, -0.05) is 60.7 Å². The Labute approximate surface area is 378 Å². The molecule has 65 heavy (non-hydrogen) atoms. The largest absolute Gasteiger partial charge is 0.460 e. The summed E-state index contributed by atoms with van der Waals surface area (Å²) in [5.41, 5.74) is 11.9. The molecule has 0 radical (unpaired) electrons. The van der Waals surface area contributed by atoms with Gasteiger partial charge < -0.3 is 34.9 Å². The molecule has 5 aromatic rings. The monoisotopic (exact) mass is 883 g/mol. The summed E-state index contributed by atoms with van der Waals surface area (Å²) < 4.78 is 24.0. The molecule has 14 heteroatoms. The van der Waals surface area contributed by atoms with Crippen LogP contribution in [-0.2, 0) is 46.4 Å². The Morgan fingerprint density at radius 3 is 2.23 bits per heavy atom. The van der Waals surface area contributed by atoms with Crippen LogP contribution in [0.3, 0.4) is 0 Å². The number of hydrogen-bond donors (Lipinski definition) is 2. The van der Waals surface area contributed by atoms with Crippen molar-refractivity contribution in [2.75, 3.05) is 43.1 Å². The maximum absolute atomic E-state index is 14.7. The summed E-state index contributed by atoms with van der Waals surface area (Å²) in [6, 6.07) is 26.5. The number of aromatic nitrogens is 1. The molecule has 1 aromatic heterocycles. The van der Waals surface area contributed by atoms with Gasteiger partial charge >= 0.3 is 18.0 Å². The fraction of sp³-hybridized carbons (Fsp3) is 0.392. The van der Waals surface area contributed by atoms with Gasteiger partial charge in [0, 0.05) is 43.4 Å². The molecule has 0 saturated carbocycles. The average molecular weight is 884 g/mol.